The Labute approximate surface area is 185 Å². The molecule has 2 aliphatic rings. The van der Waals surface area contributed by atoms with E-state index in [2.05, 4.69) is 46.5 Å². The third-order valence-electron chi connectivity index (χ3n) is 6.52. The molecule has 2 N–H and O–H groups in total. The lowest BCUT2D eigenvalue weighted by atomic mass is 9.92. The Bertz CT molecular complexity index is 874. The zero-order chi connectivity index (χ0) is 22.0. The van der Waals surface area contributed by atoms with E-state index in [1.807, 2.05) is 36.4 Å². The summed E-state index contributed by atoms with van der Waals surface area (Å²) < 4.78 is 0. The number of nitrogens with zero attached hydrogens (tertiary/aromatic N) is 3. The first-order valence-electron chi connectivity index (χ1n) is 11.5. The number of hydrogen-bond acceptors (Lipinski definition) is 5. The second-order valence-corrected chi connectivity index (χ2v) is 10.5. The molecule has 1 unspecified atom stereocenters. The number of amides is 1. The number of carbonyl (C=O) groups is 1. The quantitative estimate of drug-likeness (QED) is 0.710. The predicted octanol–water partition coefficient (Wildman–Crippen LogP) is 4.66. The van der Waals surface area contributed by atoms with Gasteiger partial charge in [-0.1, -0.05) is 32.9 Å². The molecule has 2 aromatic rings. The van der Waals surface area contributed by atoms with Crippen molar-refractivity contribution < 1.29 is 4.79 Å². The summed E-state index contributed by atoms with van der Waals surface area (Å²) in [6, 6.07) is 12.2. The van der Waals surface area contributed by atoms with E-state index in [1.54, 1.807) is 0 Å². The van der Waals surface area contributed by atoms with E-state index in [9.17, 15) is 4.79 Å². The van der Waals surface area contributed by atoms with Crippen LogP contribution in [0.15, 0.2) is 36.4 Å². The first kappa shape index (κ1) is 21.8. The molecule has 6 heteroatoms. The molecule has 4 rings (SSSR count). The monoisotopic (exact) mass is 421 g/mol. The van der Waals surface area contributed by atoms with Crippen LogP contribution in [0.2, 0.25) is 0 Å². The van der Waals surface area contributed by atoms with E-state index in [1.165, 1.54) is 45.8 Å². The van der Waals surface area contributed by atoms with Gasteiger partial charge in [-0.3, -0.25) is 4.79 Å². The minimum absolute atomic E-state index is 0.0726. The lowest BCUT2D eigenvalue weighted by Gasteiger charge is -2.24. The van der Waals surface area contributed by atoms with Crippen LogP contribution < -0.4 is 10.6 Å². The van der Waals surface area contributed by atoms with Gasteiger partial charge >= 0.3 is 0 Å². The van der Waals surface area contributed by atoms with Gasteiger partial charge in [0, 0.05) is 37.3 Å². The van der Waals surface area contributed by atoms with E-state index in [0.29, 0.717) is 11.5 Å². The van der Waals surface area contributed by atoms with Crippen LogP contribution in [0.4, 0.5) is 11.5 Å². The van der Waals surface area contributed by atoms with Crippen molar-refractivity contribution in [2.24, 2.45) is 17.3 Å². The van der Waals surface area contributed by atoms with Gasteiger partial charge in [-0.15, -0.1) is 10.2 Å². The number of rotatable bonds is 6. The van der Waals surface area contributed by atoms with Gasteiger partial charge in [0.1, 0.15) is 5.82 Å². The second-order valence-electron chi connectivity index (χ2n) is 10.5. The third-order valence-corrected chi connectivity index (χ3v) is 6.52. The topological polar surface area (TPSA) is 70.2 Å². The molecule has 1 aromatic carbocycles. The van der Waals surface area contributed by atoms with Crippen molar-refractivity contribution in [1.29, 1.82) is 0 Å². The number of nitrogens with one attached hydrogen (secondary N) is 2. The highest BCUT2D eigenvalue weighted by molar-refractivity contribution is 5.88. The highest BCUT2D eigenvalue weighted by Crippen LogP contribution is 2.39. The van der Waals surface area contributed by atoms with E-state index in [4.69, 9.17) is 0 Å². The molecule has 2 heterocycles. The summed E-state index contributed by atoms with van der Waals surface area (Å²) in [6.07, 6.45) is 3.72. The summed E-state index contributed by atoms with van der Waals surface area (Å²) in [5.41, 5.74) is 3.02. The Morgan fingerprint density at radius 3 is 2.26 bits per heavy atom. The summed E-state index contributed by atoms with van der Waals surface area (Å²) in [6.45, 7) is 12.2. The molecule has 0 radical (unpaired) electrons. The Hall–Kier alpha value is -2.47. The summed E-state index contributed by atoms with van der Waals surface area (Å²) in [5.74, 6) is 2.41. The van der Waals surface area contributed by atoms with Gasteiger partial charge in [-0.2, -0.15) is 0 Å². The van der Waals surface area contributed by atoms with Crippen molar-refractivity contribution in [1.82, 2.24) is 15.1 Å². The molecule has 31 heavy (non-hydrogen) atoms. The van der Waals surface area contributed by atoms with Gasteiger partial charge in [-0.05, 0) is 67.3 Å². The van der Waals surface area contributed by atoms with Crippen molar-refractivity contribution in [2.45, 2.75) is 53.0 Å². The molecule has 1 aliphatic heterocycles. The second kappa shape index (κ2) is 8.95. The highest BCUT2D eigenvalue weighted by atomic mass is 16.1. The standard InChI is InChI=1S/C25H35N5O/c1-17(31)26-21-7-5-18(6-8-21)23-9-10-24(29-28-23)27-22-13-19-15-30(16-20(19)14-22)12-11-25(2,3)4/h5-10,19-20,22H,11-16H2,1-4H3,(H,26,31)(H,27,29)/t19-,20+,22?. The summed E-state index contributed by atoms with van der Waals surface area (Å²) in [4.78, 5) is 13.8. The first-order valence-corrected chi connectivity index (χ1v) is 11.5. The zero-order valence-corrected chi connectivity index (χ0v) is 19.2. The van der Waals surface area contributed by atoms with Crippen LogP contribution in [0.1, 0.15) is 47.0 Å². The molecular formula is C25H35N5O. The number of anilines is 2. The van der Waals surface area contributed by atoms with E-state index < -0.39 is 0 Å². The lowest BCUT2D eigenvalue weighted by Crippen LogP contribution is -2.28. The first-order chi connectivity index (χ1) is 14.7. The van der Waals surface area contributed by atoms with Crippen molar-refractivity contribution >= 4 is 17.4 Å². The maximum Gasteiger partial charge on any atom is 0.221 e. The summed E-state index contributed by atoms with van der Waals surface area (Å²) in [5, 5.41) is 15.2. The fourth-order valence-corrected chi connectivity index (χ4v) is 4.89. The number of aromatic nitrogens is 2. The van der Waals surface area contributed by atoms with Gasteiger partial charge in [0.2, 0.25) is 5.91 Å². The van der Waals surface area contributed by atoms with Crippen LogP contribution >= 0.6 is 0 Å². The van der Waals surface area contributed by atoms with Gasteiger partial charge in [0.05, 0.1) is 5.69 Å². The Kier molecular flexibility index (Phi) is 6.28. The SMILES string of the molecule is CC(=O)Nc1ccc(-c2ccc(NC3C[C@@H]4CN(CCC(C)(C)C)C[C@@H]4C3)nn2)cc1. The van der Waals surface area contributed by atoms with Crippen LogP contribution in [0.25, 0.3) is 11.3 Å². The average Bonchev–Trinajstić information content (AvgIpc) is 3.25. The number of fused-ring (bicyclic) bond motifs is 1. The summed E-state index contributed by atoms with van der Waals surface area (Å²) in [7, 11) is 0. The van der Waals surface area contributed by atoms with Crippen LogP contribution in [-0.2, 0) is 4.79 Å². The zero-order valence-electron chi connectivity index (χ0n) is 19.2. The van der Waals surface area contributed by atoms with Crippen molar-refractivity contribution in [3.63, 3.8) is 0 Å². The highest BCUT2D eigenvalue weighted by Gasteiger charge is 2.40. The molecule has 6 nitrogen and oxygen atoms in total. The number of benzene rings is 1. The molecule has 1 aromatic heterocycles. The number of hydrogen-bond donors (Lipinski definition) is 2. The molecular weight excluding hydrogens is 386 g/mol. The Morgan fingerprint density at radius 2 is 1.71 bits per heavy atom. The van der Waals surface area contributed by atoms with Gasteiger partial charge in [0.25, 0.3) is 0 Å². The van der Waals surface area contributed by atoms with Crippen molar-refractivity contribution in [3.05, 3.63) is 36.4 Å². The Morgan fingerprint density at radius 1 is 1.03 bits per heavy atom. The van der Waals surface area contributed by atoms with E-state index in [0.717, 1.165) is 34.6 Å². The number of likely N-dealkylation sites (tertiary alicyclic amines) is 1. The largest absolute Gasteiger partial charge is 0.366 e. The molecule has 166 valence electrons. The normalized spacial score (nSPS) is 23.5. The predicted molar refractivity (Wildman–Crippen MR) is 126 cm³/mol. The van der Waals surface area contributed by atoms with Crippen LogP contribution in [-0.4, -0.2) is 46.7 Å². The molecule has 0 spiro atoms. The maximum absolute atomic E-state index is 11.1. The third kappa shape index (κ3) is 5.82. The van der Waals surface area contributed by atoms with Gasteiger partial charge in [-0.25, -0.2) is 0 Å². The van der Waals surface area contributed by atoms with Gasteiger partial charge < -0.3 is 15.5 Å². The van der Waals surface area contributed by atoms with Crippen LogP contribution in [0.5, 0.6) is 0 Å². The molecule has 0 bridgehead atoms. The summed E-state index contributed by atoms with van der Waals surface area (Å²) >= 11 is 0. The minimum atomic E-state index is -0.0726. The molecule has 2 fully saturated rings. The molecule has 1 amide bonds. The fraction of sp³-hybridized carbons (Fsp3) is 0.560. The number of carbonyl (C=O) groups excluding carboxylic acids is 1. The van der Waals surface area contributed by atoms with Crippen LogP contribution in [0, 0.1) is 17.3 Å². The molecule has 1 saturated carbocycles. The molecule has 3 atom stereocenters. The van der Waals surface area contributed by atoms with Gasteiger partial charge in [0.15, 0.2) is 0 Å². The molecule has 1 aliphatic carbocycles. The van der Waals surface area contributed by atoms with E-state index >= 15 is 0 Å². The average molecular weight is 422 g/mol. The van der Waals surface area contributed by atoms with Crippen LogP contribution in [0.3, 0.4) is 0 Å². The smallest absolute Gasteiger partial charge is 0.221 e. The Balaban J connectivity index is 1.27. The van der Waals surface area contributed by atoms with Crippen molar-refractivity contribution in [2.75, 3.05) is 30.3 Å². The maximum atomic E-state index is 11.1. The van der Waals surface area contributed by atoms with Crippen molar-refractivity contribution in [3.8, 4) is 11.3 Å². The minimum Gasteiger partial charge on any atom is -0.366 e. The lowest BCUT2D eigenvalue weighted by molar-refractivity contribution is -0.114. The molecule has 1 saturated heterocycles. The van der Waals surface area contributed by atoms with E-state index in [-0.39, 0.29) is 5.91 Å². The fourth-order valence-electron chi connectivity index (χ4n) is 4.89.